The Balaban J connectivity index is 1.55. The molecule has 8 aromatic rings. The number of ether oxygens (including phenoxy) is 2. The first-order valence-corrected chi connectivity index (χ1v) is 18.4. The highest BCUT2D eigenvalue weighted by molar-refractivity contribution is 6.21. The smallest absolute Gasteiger partial charge is 0.269 e. The molecule has 1 aliphatic rings. The number of fused-ring (bicyclic) bond motifs is 10. The van der Waals surface area contributed by atoms with E-state index in [1.54, 1.807) is 26.4 Å². The van der Waals surface area contributed by atoms with Gasteiger partial charge in [-0.1, -0.05) is 23.3 Å². The minimum absolute atomic E-state index is 0.0520. The molecule has 7 aromatic carbocycles. The Morgan fingerprint density at radius 2 is 1.35 bits per heavy atom. The van der Waals surface area contributed by atoms with Crippen LogP contribution in [0, 0.1) is 24.0 Å². The molecule has 0 saturated heterocycles. The molecule has 0 amide bonds. The fourth-order valence-corrected chi connectivity index (χ4v) is 8.74. The van der Waals surface area contributed by atoms with E-state index in [2.05, 4.69) is 110 Å². The maximum absolute atomic E-state index is 11.9. The highest BCUT2D eigenvalue weighted by atomic mass is 16.6. The van der Waals surface area contributed by atoms with Crippen LogP contribution in [-0.2, 0) is 6.54 Å². The third kappa shape index (κ3) is 4.92. The summed E-state index contributed by atoms with van der Waals surface area (Å²) in [5.41, 5.74) is 11.2. The quantitative estimate of drug-likeness (QED) is 0.0939. The van der Waals surface area contributed by atoms with Crippen LogP contribution in [-0.4, -0.2) is 30.3 Å². The molecule has 0 spiro atoms. The van der Waals surface area contributed by atoms with Crippen molar-refractivity contribution >= 4 is 60.3 Å². The Kier molecular flexibility index (Phi) is 7.78. The van der Waals surface area contributed by atoms with Crippen molar-refractivity contribution in [3.05, 3.63) is 152 Å². The number of nitro groups is 1. The Labute approximate surface area is 312 Å². The number of aromatic nitrogens is 1. The van der Waals surface area contributed by atoms with Gasteiger partial charge in [0.25, 0.3) is 5.69 Å². The monoisotopic (exact) mass is 710 g/mol. The first-order valence-electron chi connectivity index (χ1n) is 18.4. The lowest BCUT2D eigenvalue weighted by atomic mass is 9.87. The third-order valence-electron chi connectivity index (χ3n) is 11.2. The molecule has 7 nitrogen and oxygen atoms in total. The number of rotatable bonds is 7. The van der Waals surface area contributed by atoms with Crippen LogP contribution < -0.4 is 24.6 Å². The molecule has 1 aromatic heterocycles. The van der Waals surface area contributed by atoms with Gasteiger partial charge in [0.1, 0.15) is 18.0 Å². The summed E-state index contributed by atoms with van der Waals surface area (Å²) in [6.45, 7) is 10.3. The van der Waals surface area contributed by atoms with Crippen LogP contribution in [0.5, 0.6) is 11.5 Å². The van der Waals surface area contributed by atoms with Gasteiger partial charge in [-0.05, 0) is 139 Å². The van der Waals surface area contributed by atoms with Crippen LogP contribution in [0.1, 0.15) is 36.1 Å². The van der Waals surface area contributed by atoms with Gasteiger partial charge >= 0.3 is 0 Å². The van der Waals surface area contributed by atoms with E-state index in [0.29, 0.717) is 0 Å². The second-order valence-corrected chi connectivity index (χ2v) is 14.2. The van der Waals surface area contributed by atoms with Crippen molar-refractivity contribution in [3.63, 3.8) is 0 Å². The largest absolute Gasteiger partial charge is 0.497 e. The van der Waals surface area contributed by atoms with Crippen LogP contribution in [0.25, 0.3) is 60.1 Å². The van der Waals surface area contributed by atoms with Crippen molar-refractivity contribution in [2.24, 2.45) is 0 Å². The van der Waals surface area contributed by atoms with Crippen molar-refractivity contribution in [1.82, 2.24) is 9.14 Å². The Bertz CT molecular complexity index is 3030. The number of hydrogen-bond donors (Lipinski definition) is 0. The molecule has 0 fully saturated rings. The molecule has 1 aliphatic heterocycles. The molecular weight excluding hydrogens is 671 g/mol. The summed E-state index contributed by atoms with van der Waals surface area (Å²) in [4.78, 5) is 11.6. The molecule has 0 bridgehead atoms. The lowest BCUT2D eigenvalue weighted by Crippen LogP contribution is -2.26. The van der Waals surface area contributed by atoms with E-state index in [0.717, 1.165) is 89.9 Å². The number of nitro benzene ring substituents is 1. The van der Waals surface area contributed by atoms with E-state index >= 15 is 0 Å². The van der Waals surface area contributed by atoms with Gasteiger partial charge in [0.2, 0.25) is 11.0 Å². The molecule has 0 unspecified atom stereocenters. The molecule has 7 heteroatoms. The molecule has 9 rings (SSSR count). The fourth-order valence-electron chi connectivity index (χ4n) is 8.74. The summed E-state index contributed by atoms with van der Waals surface area (Å²) in [5, 5.41) is 20.8. The van der Waals surface area contributed by atoms with E-state index in [-0.39, 0.29) is 10.6 Å². The second-order valence-electron chi connectivity index (χ2n) is 14.2. The van der Waals surface area contributed by atoms with Crippen LogP contribution in [0.4, 0.5) is 11.4 Å². The third-order valence-corrected chi connectivity index (χ3v) is 11.2. The lowest BCUT2D eigenvalue weighted by molar-refractivity contribution is -0.384. The number of methoxy groups -OCH3 is 2. The molecule has 0 aliphatic carbocycles. The summed E-state index contributed by atoms with van der Waals surface area (Å²) < 4.78 is 16.5. The van der Waals surface area contributed by atoms with Gasteiger partial charge in [-0.2, -0.15) is 4.58 Å². The Morgan fingerprint density at radius 3 is 2.04 bits per heavy atom. The average molecular weight is 711 g/mol. The predicted molar refractivity (Wildman–Crippen MR) is 220 cm³/mol. The van der Waals surface area contributed by atoms with Gasteiger partial charge in [-0.25, -0.2) is 0 Å². The van der Waals surface area contributed by atoms with Crippen LogP contribution >= 0.6 is 0 Å². The maximum atomic E-state index is 11.9. The van der Waals surface area contributed by atoms with E-state index in [4.69, 9.17) is 9.47 Å². The van der Waals surface area contributed by atoms with Crippen molar-refractivity contribution < 1.29 is 14.4 Å². The van der Waals surface area contributed by atoms with Gasteiger partial charge in [-0.15, -0.1) is 0 Å². The van der Waals surface area contributed by atoms with Gasteiger partial charge in [0, 0.05) is 46.4 Å². The number of hydrogen-bond acceptors (Lipinski definition) is 4. The number of aryl methyl sites for hydroxylation is 3. The number of benzene rings is 7. The Hall–Kier alpha value is -6.47. The molecule has 54 heavy (non-hydrogen) atoms. The predicted octanol–water partition coefficient (Wildman–Crippen LogP) is 9.73. The summed E-state index contributed by atoms with van der Waals surface area (Å²) in [6.07, 6.45) is 0. The molecule has 0 N–H and O–H groups in total. The maximum Gasteiger partial charge on any atom is 0.269 e. The van der Waals surface area contributed by atoms with E-state index in [9.17, 15) is 10.1 Å². The minimum Gasteiger partial charge on any atom is -0.497 e. The molecular formula is C47H40N3O4+. The van der Waals surface area contributed by atoms with Crippen molar-refractivity contribution in [1.29, 1.82) is 0 Å². The fraction of sp³-hybridized carbons (Fsp3) is 0.170. The molecule has 0 saturated carbocycles. The second kappa shape index (κ2) is 12.6. The molecule has 0 atom stereocenters. The van der Waals surface area contributed by atoms with Crippen molar-refractivity contribution in [3.8, 4) is 22.6 Å². The summed E-state index contributed by atoms with van der Waals surface area (Å²) in [7, 11) is 3.42. The molecule has 2 heterocycles. The van der Waals surface area contributed by atoms with Gasteiger partial charge in [0.15, 0.2) is 0 Å². The average Bonchev–Trinajstić information content (AvgIpc) is 3.68. The van der Waals surface area contributed by atoms with E-state index < -0.39 is 0 Å². The summed E-state index contributed by atoms with van der Waals surface area (Å²) in [5.74, 6) is 1.56. The van der Waals surface area contributed by atoms with E-state index in [1.165, 1.54) is 33.3 Å². The summed E-state index contributed by atoms with van der Waals surface area (Å²) in [6, 6.07) is 37.7. The standard InChI is InChI=1S/C47H40N3O4/c1-7-48-43-19-9-27(3)21-35(43)41-25-37(33-17-15-31(53-5)23-39(33)46(41)48)45(29-11-13-30(14-12-29)50(51)52)38-26-42-36-22-28(4)10-20-44(36)49(8-2)47(42)40-24-32(54-6)16-18-34(38)40/h9-26H,7-8H2,1-6H3/q+1. The first-order chi connectivity index (χ1) is 26.2. The van der Waals surface area contributed by atoms with Gasteiger partial charge in [-0.3, -0.25) is 10.1 Å². The SMILES string of the molecule is CCn1c2ccc(C)cc2c2cc(/C(c3ccc([N+](=O)[O-])cc3)=c3/cc4c(c5cc(OC)ccc35)=[N+](CC)c3ccc(C)cc3-4)c3ccc(OC)cc3c21. The number of non-ortho nitro benzene ring substituents is 1. The molecule has 0 radical (unpaired) electrons. The highest BCUT2D eigenvalue weighted by Crippen LogP contribution is 2.42. The highest BCUT2D eigenvalue weighted by Gasteiger charge is 2.30. The Morgan fingerprint density at radius 1 is 0.685 bits per heavy atom. The minimum atomic E-state index is -0.338. The number of nitrogens with zero attached hydrogens (tertiary/aromatic N) is 3. The topological polar surface area (TPSA) is 69.5 Å². The normalized spacial score (nSPS) is 12.8. The zero-order valence-electron chi connectivity index (χ0n) is 31.3. The van der Waals surface area contributed by atoms with Gasteiger partial charge in [0.05, 0.1) is 41.2 Å². The zero-order chi connectivity index (χ0) is 37.4. The van der Waals surface area contributed by atoms with Crippen LogP contribution in [0.3, 0.4) is 0 Å². The molecule has 266 valence electrons. The lowest BCUT2D eigenvalue weighted by Gasteiger charge is -2.17. The van der Waals surface area contributed by atoms with Crippen molar-refractivity contribution in [2.75, 3.05) is 20.8 Å². The zero-order valence-corrected chi connectivity index (χ0v) is 31.3. The van der Waals surface area contributed by atoms with Gasteiger partial charge < -0.3 is 14.0 Å². The summed E-state index contributed by atoms with van der Waals surface area (Å²) >= 11 is 0. The van der Waals surface area contributed by atoms with Crippen LogP contribution in [0.15, 0.2) is 109 Å². The van der Waals surface area contributed by atoms with Crippen LogP contribution in [0.2, 0.25) is 0 Å². The first kappa shape index (κ1) is 33.4. The van der Waals surface area contributed by atoms with E-state index in [1.807, 2.05) is 24.3 Å². The van der Waals surface area contributed by atoms with Crippen molar-refractivity contribution in [2.45, 2.75) is 34.2 Å².